The number of aryl methyl sites for hydroxylation is 1. The summed E-state index contributed by atoms with van der Waals surface area (Å²) in [6.07, 6.45) is 4.14. The molecule has 1 heterocycles. The number of nitrogens with zero attached hydrogens (tertiary/aromatic N) is 2. The Morgan fingerprint density at radius 2 is 2.07 bits per heavy atom. The summed E-state index contributed by atoms with van der Waals surface area (Å²) < 4.78 is 3.66. The molecular formula is C11H20N2O. The van der Waals surface area contributed by atoms with Crippen LogP contribution < -0.4 is 5.69 Å². The van der Waals surface area contributed by atoms with Gasteiger partial charge in [-0.1, -0.05) is 13.3 Å². The topological polar surface area (TPSA) is 26.9 Å². The van der Waals surface area contributed by atoms with Crippen LogP contribution in [0.5, 0.6) is 0 Å². The molecule has 0 atom stereocenters. The van der Waals surface area contributed by atoms with E-state index in [1.807, 2.05) is 31.5 Å². The van der Waals surface area contributed by atoms with Gasteiger partial charge in [0.2, 0.25) is 0 Å². The van der Waals surface area contributed by atoms with Gasteiger partial charge >= 0.3 is 5.69 Å². The van der Waals surface area contributed by atoms with E-state index < -0.39 is 0 Å². The number of hydrogen-bond donors (Lipinski definition) is 0. The molecule has 0 N–H and O–H groups in total. The van der Waals surface area contributed by atoms with Gasteiger partial charge in [0.25, 0.3) is 0 Å². The molecule has 1 aromatic heterocycles. The molecule has 0 radical (unpaired) electrons. The van der Waals surface area contributed by atoms with E-state index in [0.29, 0.717) is 0 Å². The van der Waals surface area contributed by atoms with Crippen LogP contribution in [0.3, 0.4) is 0 Å². The average Bonchev–Trinajstić information content (AvgIpc) is 2.40. The molecule has 0 aliphatic rings. The van der Waals surface area contributed by atoms with Gasteiger partial charge < -0.3 is 0 Å². The van der Waals surface area contributed by atoms with E-state index in [1.165, 1.54) is 0 Å². The van der Waals surface area contributed by atoms with Crippen LogP contribution in [0.1, 0.15) is 45.3 Å². The molecule has 1 rings (SSSR count). The first kappa shape index (κ1) is 11.1. The highest BCUT2D eigenvalue weighted by Gasteiger charge is 2.08. The van der Waals surface area contributed by atoms with Crippen LogP contribution in [0.25, 0.3) is 0 Å². The number of rotatable bonds is 4. The fourth-order valence-corrected chi connectivity index (χ4v) is 1.57. The molecule has 0 fully saturated rings. The summed E-state index contributed by atoms with van der Waals surface area (Å²) in [4.78, 5) is 11.9. The van der Waals surface area contributed by atoms with Crippen molar-refractivity contribution in [3.63, 3.8) is 0 Å². The Hall–Kier alpha value is -0.990. The Morgan fingerprint density at radius 1 is 1.43 bits per heavy atom. The van der Waals surface area contributed by atoms with Crippen LogP contribution in [0.4, 0.5) is 0 Å². The highest BCUT2D eigenvalue weighted by Crippen LogP contribution is 2.04. The third kappa shape index (κ3) is 2.08. The maximum Gasteiger partial charge on any atom is 0.328 e. The molecular weight excluding hydrogens is 176 g/mol. The summed E-state index contributed by atoms with van der Waals surface area (Å²) >= 11 is 0. The second-order valence-electron chi connectivity index (χ2n) is 4.06. The highest BCUT2D eigenvalue weighted by atomic mass is 16.1. The summed E-state index contributed by atoms with van der Waals surface area (Å²) in [6.45, 7) is 9.05. The van der Waals surface area contributed by atoms with E-state index >= 15 is 0 Å². The Morgan fingerprint density at radius 3 is 2.50 bits per heavy atom. The van der Waals surface area contributed by atoms with E-state index in [2.05, 4.69) is 6.92 Å². The second kappa shape index (κ2) is 4.49. The number of aromatic nitrogens is 2. The van der Waals surface area contributed by atoms with E-state index in [4.69, 9.17) is 0 Å². The fourth-order valence-electron chi connectivity index (χ4n) is 1.57. The van der Waals surface area contributed by atoms with Crippen LogP contribution in [-0.2, 0) is 6.54 Å². The van der Waals surface area contributed by atoms with E-state index in [1.54, 1.807) is 4.57 Å². The smallest absolute Gasteiger partial charge is 0.297 e. The lowest BCUT2D eigenvalue weighted by atomic mass is 10.3. The van der Waals surface area contributed by atoms with Crippen molar-refractivity contribution < 1.29 is 0 Å². The molecule has 0 bridgehead atoms. The highest BCUT2D eigenvalue weighted by molar-refractivity contribution is 4.98. The Kier molecular flexibility index (Phi) is 3.55. The zero-order chi connectivity index (χ0) is 10.7. The molecule has 3 heteroatoms. The minimum Gasteiger partial charge on any atom is -0.297 e. The predicted molar refractivity (Wildman–Crippen MR) is 58.7 cm³/mol. The first-order valence-electron chi connectivity index (χ1n) is 5.36. The zero-order valence-electron chi connectivity index (χ0n) is 9.58. The second-order valence-corrected chi connectivity index (χ2v) is 4.06. The SMILES string of the molecule is CCCCn1c(C)cn(C(C)C)c1=O. The third-order valence-corrected chi connectivity index (χ3v) is 2.50. The van der Waals surface area contributed by atoms with Gasteiger partial charge in [-0.05, 0) is 27.2 Å². The molecule has 0 aromatic carbocycles. The van der Waals surface area contributed by atoms with Gasteiger partial charge in [0.15, 0.2) is 0 Å². The quantitative estimate of drug-likeness (QED) is 0.726. The number of unbranched alkanes of at least 4 members (excludes halogenated alkanes) is 1. The molecule has 0 aliphatic carbocycles. The maximum atomic E-state index is 11.9. The molecule has 0 amide bonds. The minimum absolute atomic E-state index is 0.131. The van der Waals surface area contributed by atoms with Crippen molar-refractivity contribution in [3.05, 3.63) is 22.4 Å². The van der Waals surface area contributed by atoms with Crippen molar-refractivity contribution in [2.75, 3.05) is 0 Å². The lowest BCUT2D eigenvalue weighted by Gasteiger charge is -2.04. The molecule has 80 valence electrons. The van der Waals surface area contributed by atoms with Crippen LogP contribution in [0, 0.1) is 6.92 Å². The number of hydrogen-bond acceptors (Lipinski definition) is 1. The first-order chi connectivity index (χ1) is 6.57. The van der Waals surface area contributed by atoms with Crippen molar-refractivity contribution in [1.29, 1.82) is 0 Å². The van der Waals surface area contributed by atoms with Crippen LogP contribution >= 0.6 is 0 Å². The molecule has 3 nitrogen and oxygen atoms in total. The molecule has 1 aromatic rings. The van der Waals surface area contributed by atoms with Gasteiger partial charge in [-0.25, -0.2) is 4.79 Å². The monoisotopic (exact) mass is 196 g/mol. The van der Waals surface area contributed by atoms with Crippen molar-refractivity contribution in [2.24, 2.45) is 0 Å². The predicted octanol–water partition coefficient (Wildman–Crippen LogP) is 2.34. The fraction of sp³-hybridized carbons (Fsp3) is 0.727. The summed E-state index contributed by atoms with van der Waals surface area (Å²) in [5.41, 5.74) is 1.20. The summed E-state index contributed by atoms with van der Waals surface area (Å²) in [5, 5.41) is 0. The normalized spacial score (nSPS) is 11.2. The van der Waals surface area contributed by atoms with Crippen LogP contribution in [0.2, 0.25) is 0 Å². The molecule has 0 spiro atoms. The average molecular weight is 196 g/mol. The summed E-state index contributed by atoms with van der Waals surface area (Å²) in [7, 11) is 0. The maximum absolute atomic E-state index is 11.9. The van der Waals surface area contributed by atoms with Crippen LogP contribution in [0.15, 0.2) is 11.0 Å². The minimum atomic E-state index is 0.131. The van der Waals surface area contributed by atoms with Crippen LogP contribution in [-0.4, -0.2) is 9.13 Å². The molecule has 0 aliphatic heterocycles. The lowest BCUT2D eigenvalue weighted by Crippen LogP contribution is -2.25. The lowest BCUT2D eigenvalue weighted by molar-refractivity contribution is 0.538. The van der Waals surface area contributed by atoms with Crippen molar-refractivity contribution in [1.82, 2.24) is 9.13 Å². The molecule has 0 saturated carbocycles. The van der Waals surface area contributed by atoms with Gasteiger partial charge in [-0.3, -0.25) is 9.13 Å². The molecule has 0 saturated heterocycles. The van der Waals surface area contributed by atoms with Crippen molar-refractivity contribution >= 4 is 0 Å². The van der Waals surface area contributed by atoms with E-state index in [0.717, 1.165) is 25.1 Å². The molecule has 0 unspecified atom stereocenters. The summed E-state index contributed by atoms with van der Waals surface area (Å²) in [6, 6.07) is 0.254. The molecule has 14 heavy (non-hydrogen) atoms. The van der Waals surface area contributed by atoms with Crippen molar-refractivity contribution in [2.45, 2.75) is 53.1 Å². The third-order valence-electron chi connectivity index (χ3n) is 2.50. The largest absolute Gasteiger partial charge is 0.328 e. The zero-order valence-corrected chi connectivity index (χ0v) is 9.58. The van der Waals surface area contributed by atoms with Gasteiger partial charge in [0.05, 0.1) is 0 Å². The van der Waals surface area contributed by atoms with Gasteiger partial charge in [0, 0.05) is 24.5 Å². The summed E-state index contributed by atoms with van der Waals surface area (Å²) in [5.74, 6) is 0. The van der Waals surface area contributed by atoms with Crippen molar-refractivity contribution in [3.8, 4) is 0 Å². The van der Waals surface area contributed by atoms with E-state index in [-0.39, 0.29) is 11.7 Å². The van der Waals surface area contributed by atoms with Gasteiger partial charge in [0.1, 0.15) is 0 Å². The first-order valence-corrected chi connectivity index (χ1v) is 5.36. The van der Waals surface area contributed by atoms with Gasteiger partial charge in [-0.2, -0.15) is 0 Å². The number of imidazole rings is 1. The van der Waals surface area contributed by atoms with E-state index in [9.17, 15) is 4.79 Å². The van der Waals surface area contributed by atoms with Gasteiger partial charge in [-0.15, -0.1) is 0 Å². The Labute approximate surface area is 85.4 Å². The Balaban J connectivity index is 2.99. The Bertz CT molecular complexity index is 347. The standard InChI is InChI=1S/C11H20N2O/c1-5-6-7-12-10(4)8-13(9(2)3)11(12)14/h8-9H,5-7H2,1-4H3.